The fourth-order valence-corrected chi connectivity index (χ4v) is 1.93. The SMILES string of the molecule is COCC1CN(c2cccc(C(=O)O)n2)CCO1. The van der Waals surface area contributed by atoms with Gasteiger partial charge in [0.2, 0.25) is 0 Å². The van der Waals surface area contributed by atoms with Crippen LogP contribution in [0.1, 0.15) is 10.5 Å². The molecule has 18 heavy (non-hydrogen) atoms. The summed E-state index contributed by atoms with van der Waals surface area (Å²) in [6.07, 6.45) is -0.000894. The molecular weight excluding hydrogens is 236 g/mol. The molecule has 0 aliphatic carbocycles. The number of methoxy groups -OCH3 is 1. The molecule has 1 saturated heterocycles. The van der Waals surface area contributed by atoms with Gasteiger partial charge < -0.3 is 19.5 Å². The van der Waals surface area contributed by atoms with Gasteiger partial charge in [0.25, 0.3) is 0 Å². The second-order valence-corrected chi connectivity index (χ2v) is 4.08. The van der Waals surface area contributed by atoms with Crippen LogP contribution in [0.15, 0.2) is 18.2 Å². The van der Waals surface area contributed by atoms with E-state index in [-0.39, 0.29) is 11.8 Å². The zero-order valence-corrected chi connectivity index (χ0v) is 10.2. The van der Waals surface area contributed by atoms with E-state index < -0.39 is 5.97 Å². The lowest BCUT2D eigenvalue weighted by atomic mass is 10.2. The standard InChI is InChI=1S/C12H16N2O4/c1-17-8-9-7-14(5-6-18-9)11-4-2-3-10(13-11)12(15)16/h2-4,9H,5-8H2,1H3,(H,15,16). The minimum Gasteiger partial charge on any atom is -0.477 e. The van der Waals surface area contributed by atoms with Gasteiger partial charge in [-0.3, -0.25) is 0 Å². The molecule has 1 aliphatic rings. The number of carboxylic acids is 1. The molecule has 1 fully saturated rings. The van der Waals surface area contributed by atoms with Crippen molar-refractivity contribution in [1.29, 1.82) is 0 Å². The van der Waals surface area contributed by atoms with Crippen molar-refractivity contribution < 1.29 is 19.4 Å². The molecule has 6 heteroatoms. The highest BCUT2D eigenvalue weighted by Gasteiger charge is 2.21. The summed E-state index contributed by atoms with van der Waals surface area (Å²) in [5.74, 6) is -0.349. The predicted molar refractivity (Wildman–Crippen MR) is 65.0 cm³/mol. The van der Waals surface area contributed by atoms with Crippen LogP contribution in [0.5, 0.6) is 0 Å². The summed E-state index contributed by atoms with van der Waals surface area (Å²) >= 11 is 0. The highest BCUT2D eigenvalue weighted by Crippen LogP contribution is 2.16. The molecule has 1 N–H and O–H groups in total. The Morgan fingerprint density at radius 3 is 3.22 bits per heavy atom. The zero-order valence-electron chi connectivity index (χ0n) is 10.2. The van der Waals surface area contributed by atoms with E-state index in [0.29, 0.717) is 32.1 Å². The van der Waals surface area contributed by atoms with E-state index in [9.17, 15) is 4.79 Å². The Bertz CT molecular complexity index is 422. The summed E-state index contributed by atoms with van der Waals surface area (Å²) in [5, 5.41) is 8.92. The molecule has 1 aliphatic heterocycles. The summed E-state index contributed by atoms with van der Waals surface area (Å²) < 4.78 is 10.6. The van der Waals surface area contributed by atoms with Gasteiger partial charge in [0.1, 0.15) is 5.82 Å². The Morgan fingerprint density at radius 2 is 2.50 bits per heavy atom. The summed E-state index contributed by atoms with van der Waals surface area (Å²) in [7, 11) is 1.63. The lowest BCUT2D eigenvalue weighted by Crippen LogP contribution is -2.44. The van der Waals surface area contributed by atoms with Gasteiger partial charge >= 0.3 is 5.97 Å². The van der Waals surface area contributed by atoms with Gasteiger partial charge in [-0.25, -0.2) is 9.78 Å². The lowest BCUT2D eigenvalue weighted by Gasteiger charge is -2.33. The van der Waals surface area contributed by atoms with Gasteiger partial charge in [-0.1, -0.05) is 6.07 Å². The van der Waals surface area contributed by atoms with Gasteiger partial charge in [-0.15, -0.1) is 0 Å². The Balaban J connectivity index is 2.10. The van der Waals surface area contributed by atoms with Crippen LogP contribution in [-0.4, -0.2) is 55.6 Å². The van der Waals surface area contributed by atoms with Gasteiger partial charge in [0.05, 0.1) is 19.3 Å². The first-order valence-electron chi connectivity index (χ1n) is 5.76. The van der Waals surface area contributed by atoms with Crippen LogP contribution in [0, 0.1) is 0 Å². The number of hydrogen-bond acceptors (Lipinski definition) is 5. The number of pyridine rings is 1. The Kier molecular flexibility index (Phi) is 4.11. The van der Waals surface area contributed by atoms with Gasteiger partial charge in [-0.2, -0.15) is 0 Å². The fraction of sp³-hybridized carbons (Fsp3) is 0.500. The van der Waals surface area contributed by atoms with Crippen molar-refractivity contribution in [3.05, 3.63) is 23.9 Å². The van der Waals surface area contributed by atoms with Gasteiger partial charge in [-0.05, 0) is 12.1 Å². The van der Waals surface area contributed by atoms with Gasteiger partial charge in [0, 0.05) is 20.2 Å². The first-order chi connectivity index (χ1) is 8.70. The number of rotatable bonds is 4. The molecule has 1 unspecified atom stereocenters. The largest absolute Gasteiger partial charge is 0.477 e. The maximum Gasteiger partial charge on any atom is 0.354 e. The average Bonchev–Trinajstić information content (AvgIpc) is 2.39. The summed E-state index contributed by atoms with van der Waals surface area (Å²) in [6, 6.07) is 4.99. The number of morpholine rings is 1. The molecule has 0 radical (unpaired) electrons. The number of hydrogen-bond donors (Lipinski definition) is 1. The molecular formula is C12H16N2O4. The first kappa shape index (κ1) is 12.8. The third-order valence-corrected chi connectivity index (χ3v) is 2.77. The molecule has 2 rings (SSSR count). The van der Waals surface area contributed by atoms with Crippen LogP contribution in [0.4, 0.5) is 5.82 Å². The minimum absolute atomic E-state index is 0.000894. The molecule has 6 nitrogen and oxygen atoms in total. The van der Waals surface area contributed by atoms with Crippen molar-refractivity contribution in [2.45, 2.75) is 6.10 Å². The summed E-state index contributed by atoms with van der Waals surface area (Å²) in [4.78, 5) is 17.0. The normalized spacial score (nSPS) is 19.8. The van der Waals surface area contributed by atoms with E-state index in [1.165, 1.54) is 6.07 Å². The van der Waals surface area contributed by atoms with Crippen LogP contribution in [-0.2, 0) is 9.47 Å². The first-order valence-corrected chi connectivity index (χ1v) is 5.76. The van der Waals surface area contributed by atoms with Crippen molar-refractivity contribution in [3.63, 3.8) is 0 Å². The molecule has 1 atom stereocenters. The predicted octanol–water partition coefficient (Wildman–Crippen LogP) is 0.631. The van der Waals surface area contributed by atoms with E-state index in [0.717, 1.165) is 0 Å². The number of nitrogens with zero attached hydrogens (tertiary/aromatic N) is 2. The highest BCUT2D eigenvalue weighted by molar-refractivity contribution is 5.85. The van der Waals surface area contributed by atoms with Crippen LogP contribution in [0.2, 0.25) is 0 Å². The molecule has 0 aromatic carbocycles. The Morgan fingerprint density at radius 1 is 1.67 bits per heavy atom. The third kappa shape index (κ3) is 2.96. The molecule has 98 valence electrons. The minimum atomic E-state index is -1.02. The third-order valence-electron chi connectivity index (χ3n) is 2.77. The van der Waals surface area contributed by atoms with E-state index in [1.54, 1.807) is 13.2 Å². The molecule has 0 amide bonds. The molecule has 0 spiro atoms. The number of carbonyl (C=O) groups is 1. The van der Waals surface area contributed by atoms with Crippen molar-refractivity contribution >= 4 is 11.8 Å². The van der Waals surface area contributed by atoms with Crippen LogP contribution in [0.3, 0.4) is 0 Å². The molecule has 0 bridgehead atoms. The maximum absolute atomic E-state index is 10.9. The van der Waals surface area contributed by atoms with Crippen molar-refractivity contribution in [2.24, 2.45) is 0 Å². The maximum atomic E-state index is 10.9. The van der Waals surface area contributed by atoms with Gasteiger partial charge in [0.15, 0.2) is 5.69 Å². The second kappa shape index (κ2) is 5.79. The van der Waals surface area contributed by atoms with Crippen LogP contribution >= 0.6 is 0 Å². The highest BCUT2D eigenvalue weighted by atomic mass is 16.5. The monoisotopic (exact) mass is 252 g/mol. The van der Waals surface area contributed by atoms with E-state index in [4.69, 9.17) is 14.6 Å². The molecule has 0 saturated carbocycles. The molecule has 1 aromatic heterocycles. The van der Waals surface area contributed by atoms with Crippen molar-refractivity contribution in [1.82, 2.24) is 4.98 Å². The summed E-state index contributed by atoms with van der Waals surface area (Å²) in [5.41, 5.74) is 0.0577. The average molecular weight is 252 g/mol. The number of anilines is 1. The number of ether oxygens (including phenoxy) is 2. The quantitative estimate of drug-likeness (QED) is 0.847. The Hall–Kier alpha value is -1.66. The number of aromatic carboxylic acids is 1. The van der Waals surface area contributed by atoms with E-state index in [1.807, 2.05) is 11.0 Å². The zero-order chi connectivity index (χ0) is 13.0. The smallest absolute Gasteiger partial charge is 0.354 e. The Labute approximate surface area is 105 Å². The van der Waals surface area contributed by atoms with Crippen LogP contribution < -0.4 is 4.90 Å². The van der Waals surface area contributed by atoms with Crippen molar-refractivity contribution in [3.8, 4) is 0 Å². The van der Waals surface area contributed by atoms with Crippen molar-refractivity contribution in [2.75, 3.05) is 38.3 Å². The fourth-order valence-electron chi connectivity index (χ4n) is 1.93. The number of aromatic nitrogens is 1. The second-order valence-electron chi connectivity index (χ2n) is 4.08. The van der Waals surface area contributed by atoms with E-state index >= 15 is 0 Å². The number of carboxylic acid groups (broad SMARTS) is 1. The molecule has 1 aromatic rings. The summed E-state index contributed by atoms with van der Waals surface area (Å²) in [6.45, 7) is 2.47. The van der Waals surface area contributed by atoms with E-state index in [2.05, 4.69) is 4.98 Å². The lowest BCUT2D eigenvalue weighted by molar-refractivity contribution is -0.0102. The topological polar surface area (TPSA) is 71.9 Å². The molecule has 2 heterocycles. The van der Waals surface area contributed by atoms with Crippen LogP contribution in [0.25, 0.3) is 0 Å².